The van der Waals surface area contributed by atoms with Crippen LogP contribution >= 0.6 is 22.6 Å². The number of hydrogen-bond acceptors (Lipinski definition) is 5. The predicted octanol–water partition coefficient (Wildman–Crippen LogP) is 3.36. The van der Waals surface area contributed by atoms with Crippen LogP contribution in [0.4, 0.5) is 0 Å². The summed E-state index contributed by atoms with van der Waals surface area (Å²) in [6, 6.07) is 13.1. The Morgan fingerprint density at radius 1 is 1.09 bits per heavy atom. The maximum atomic E-state index is 12.0. The zero-order valence-corrected chi connectivity index (χ0v) is 13.9. The molecule has 0 bridgehead atoms. The van der Waals surface area contributed by atoms with Gasteiger partial charge in [-0.05, 0) is 64.6 Å². The molecule has 0 saturated heterocycles. The minimum Gasteiger partial charge on any atom is -0.454 e. The van der Waals surface area contributed by atoms with Gasteiger partial charge in [-0.3, -0.25) is 0 Å². The average molecular weight is 419 g/mol. The average Bonchev–Trinajstić information content (AvgIpc) is 3.14. The summed E-state index contributed by atoms with van der Waals surface area (Å²) in [5, 5.41) is 0. The van der Waals surface area contributed by atoms with Crippen LogP contribution in [0.1, 0.15) is 11.1 Å². The van der Waals surface area contributed by atoms with Gasteiger partial charge in [-0.2, -0.15) is 0 Å². The molecule has 0 radical (unpaired) electrons. The first-order chi connectivity index (χ1) is 11.2. The summed E-state index contributed by atoms with van der Waals surface area (Å²) < 4.78 is 16.9. The number of ether oxygens (including phenoxy) is 3. The van der Waals surface area contributed by atoms with Gasteiger partial charge in [0.15, 0.2) is 17.2 Å². The Labute approximate surface area is 145 Å². The third kappa shape index (κ3) is 2.81. The predicted molar refractivity (Wildman–Crippen MR) is 92.3 cm³/mol. The molecule has 0 unspecified atom stereocenters. The van der Waals surface area contributed by atoms with Crippen molar-refractivity contribution in [1.29, 1.82) is 0 Å². The molecule has 2 aliphatic heterocycles. The van der Waals surface area contributed by atoms with Gasteiger partial charge in [-0.25, -0.2) is 9.79 Å². The Balaban J connectivity index is 1.67. The van der Waals surface area contributed by atoms with Crippen LogP contribution in [0, 0.1) is 3.57 Å². The van der Waals surface area contributed by atoms with Crippen LogP contribution in [0.15, 0.2) is 53.2 Å². The van der Waals surface area contributed by atoms with E-state index in [0.717, 1.165) is 9.13 Å². The molecule has 0 aromatic heterocycles. The standard InChI is InChI=1S/C17H10INO4/c18-12-3-1-2-10(6-12)7-13-17(20)23-16(19-13)11-4-5-14-15(8-11)22-9-21-14/h1-8H,9H2. The van der Waals surface area contributed by atoms with Gasteiger partial charge in [0.25, 0.3) is 0 Å². The molecule has 114 valence electrons. The summed E-state index contributed by atoms with van der Waals surface area (Å²) >= 11 is 2.22. The Bertz CT molecular complexity index is 873. The summed E-state index contributed by atoms with van der Waals surface area (Å²) in [6.45, 7) is 0.197. The lowest BCUT2D eigenvalue weighted by atomic mass is 10.2. The number of aliphatic imine (C=N–C) groups is 1. The van der Waals surface area contributed by atoms with Crippen LogP contribution in [-0.4, -0.2) is 18.7 Å². The molecule has 0 aliphatic carbocycles. The number of hydrogen-bond donors (Lipinski definition) is 0. The molecule has 0 N–H and O–H groups in total. The van der Waals surface area contributed by atoms with Crippen LogP contribution in [0.25, 0.3) is 6.08 Å². The summed E-state index contributed by atoms with van der Waals surface area (Å²) in [5.41, 5.74) is 1.85. The number of esters is 1. The highest BCUT2D eigenvalue weighted by Gasteiger charge is 2.25. The molecular weight excluding hydrogens is 409 g/mol. The van der Waals surface area contributed by atoms with E-state index in [4.69, 9.17) is 14.2 Å². The Morgan fingerprint density at radius 3 is 2.83 bits per heavy atom. The number of nitrogens with zero attached hydrogens (tertiary/aromatic N) is 1. The fraction of sp³-hybridized carbons (Fsp3) is 0.0588. The molecule has 0 spiro atoms. The SMILES string of the molecule is O=C1OC(c2ccc3c(c2)OCO3)=NC1=Cc1cccc(I)c1. The van der Waals surface area contributed by atoms with Crippen molar-refractivity contribution >= 4 is 40.5 Å². The van der Waals surface area contributed by atoms with Gasteiger partial charge >= 0.3 is 5.97 Å². The first-order valence-corrected chi connectivity index (χ1v) is 7.95. The first kappa shape index (κ1) is 14.3. The van der Waals surface area contributed by atoms with Gasteiger partial charge in [0.2, 0.25) is 12.7 Å². The molecule has 0 fully saturated rings. The van der Waals surface area contributed by atoms with E-state index in [1.54, 1.807) is 24.3 Å². The van der Waals surface area contributed by atoms with Crippen molar-refractivity contribution in [1.82, 2.24) is 0 Å². The lowest BCUT2D eigenvalue weighted by molar-refractivity contribution is -0.129. The van der Waals surface area contributed by atoms with Crippen LogP contribution in [0.3, 0.4) is 0 Å². The monoisotopic (exact) mass is 419 g/mol. The van der Waals surface area contributed by atoms with E-state index < -0.39 is 5.97 Å². The molecule has 23 heavy (non-hydrogen) atoms. The number of carbonyl (C=O) groups excluding carboxylic acids is 1. The second kappa shape index (κ2) is 5.69. The van der Waals surface area contributed by atoms with Gasteiger partial charge in [-0.15, -0.1) is 0 Å². The van der Waals surface area contributed by atoms with Crippen molar-refractivity contribution in [2.45, 2.75) is 0 Å². The van der Waals surface area contributed by atoms with E-state index in [2.05, 4.69) is 27.6 Å². The smallest absolute Gasteiger partial charge is 0.363 e. The molecule has 0 atom stereocenters. The van der Waals surface area contributed by atoms with Crippen molar-refractivity contribution in [3.63, 3.8) is 0 Å². The fourth-order valence-electron chi connectivity index (χ4n) is 2.32. The summed E-state index contributed by atoms with van der Waals surface area (Å²) in [4.78, 5) is 16.3. The molecule has 0 amide bonds. The van der Waals surface area contributed by atoms with Gasteiger partial charge < -0.3 is 14.2 Å². The molecule has 2 aliphatic rings. The second-order valence-electron chi connectivity index (χ2n) is 4.96. The van der Waals surface area contributed by atoms with Crippen molar-refractivity contribution in [2.75, 3.05) is 6.79 Å². The first-order valence-electron chi connectivity index (χ1n) is 6.87. The number of carbonyl (C=O) groups is 1. The Kier molecular flexibility index (Phi) is 3.53. The molecule has 2 heterocycles. The molecule has 4 rings (SSSR count). The number of rotatable bonds is 2. The third-order valence-corrected chi connectivity index (χ3v) is 4.06. The van der Waals surface area contributed by atoms with Crippen molar-refractivity contribution in [3.8, 4) is 11.5 Å². The van der Waals surface area contributed by atoms with E-state index in [-0.39, 0.29) is 18.4 Å². The maximum Gasteiger partial charge on any atom is 0.363 e. The van der Waals surface area contributed by atoms with Crippen LogP contribution in [-0.2, 0) is 9.53 Å². The molecule has 2 aromatic rings. The maximum absolute atomic E-state index is 12.0. The van der Waals surface area contributed by atoms with Gasteiger partial charge in [0.05, 0.1) is 0 Å². The Hall–Kier alpha value is -2.35. The highest BCUT2D eigenvalue weighted by molar-refractivity contribution is 14.1. The van der Waals surface area contributed by atoms with E-state index in [1.165, 1.54) is 0 Å². The normalized spacial score (nSPS) is 17.3. The van der Waals surface area contributed by atoms with E-state index in [1.807, 2.05) is 24.3 Å². The lowest BCUT2D eigenvalue weighted by Crippen LogP contribution is -2.05. The number of fused-ring (bicyclic) bond motifs is 1. The van der Waals surface area contributed by atoms with Crippen LogP contribution in [0.5, 0.6) is 11.5 Å². The topological polar surface area (TPSA) is 57.1 Å². The lowest BCUT2D eigenvalue weighted by Gasteiger charge is -2.01. The van der Waals surface area contributed by atoms with Gasteiger partial charge in [0.1, 0.15) is 0 Å². The van der Waals surface area contributed by atoms with Crippen LogP contribution in [0.2, 0.25) is 0 Å². The number of cyclic esters (lactones) is 1. The highest BCUT2D eigenvalue weighted by Crippen LogP contribution is 2.33. The summed E-state index contributed by atoms with van der Waals surface area (Å²) in [7, 11) is 0. The van der Waals surface area contributed by atoms with E-state index in [9.17, 15) is 4.79 Å². The molecule has 0 saturated carbocycles. The zero-order chi connectivity index (χ0) is 15.8. The van der Waals surface area contributed by atoms with Gasteiger partial charge in [-0.1, -0.05) is 12.1 Å². The van der Waals surface area contributed by atoms with Crippen molar-refractivity contribution in [3.05, 3.63) is 62.9 Å². The molecule has 5 nitrogen and oxygen atoms in total. The third-order valence-electron chi connectivity index (χ3n) is 3.39. The van der Waals surface area contributed by atoms with Gasteiger partial charge in [0, 0.05) is 9.13 Å². The zero-order valence-electron chi connectivity index (χ0n) is 11.8. The quantitative estimate of drug-likeness (QED) is 0.426. The number of halogens is 1. The number of benzene rings is 2. The van der Waals surface area contributed by atoms with Crippen molar-refractivity contribution < 1.29 is 19.0 Å². The Morgan fingerprint density at radius 2 is 1.96 bits per heavy atom. The van der Waals surface area contributed by atoms with Crippen molar-refractivity contribution in [2.24, 2.45) is 4.99 Å². The van der Waals surface area contributed by atoms with E-state index in [0.29, 0.717) is 17.1 Å². The second-order valence-corrected chi connectivity index (χ2v) is 6.20. The molecule has 2 aromatic carbocycles. The fourth-order valence-corrected chi connectivity index (χ4v) is 2.88. The molecule has 6 heteroatoms. The summed E-state index contributed by atoms with van der Waals surface area (Å²) in [6.07, 6.45) is 1.71. The largest absolute Gasteiger partial charge is 0.454 e. The minimum absolute atomic E-state index is 0.197. The summed E-state index contributed by atoms with van der Waals surface area (Å²) in [5.74, 6) is 1.10. The van der Waals surface area contributed by atoms with E-state index >= 15 is 0 Å². The molecular formula is C17H10INO4. The minimum atomic E-state index is -0.462. The van der Waals surface area contributed by atoms with Crippen LogP contribution < -0.4 is 9.47 Å². The highest BCUT2D eigenvalue weighted by atomic mass is 127.